The molecule has 0 bridgehead atoms. The zero-order chi connectivity index (χ0) is 15.6. The first kappa shape index (κ1) is 12.9. The molecule has 0 unspecified atom stereocenters. The highest BCUT2D eigenvalue weighted by atomic mass is 16.5. The molecule has 1 aromatic carbocycles. The van der Waals surface area contributed by atoms with E-state index in [4.69, 9.17) is 4.52 Å². The smallest absolute Gasteiger partial charge is 0.278 e. The van der Waals surface area contributed by atoms with Crippen LogP contribution in [0.4, 0.5) is 11.4 Å². The lowest BCUT2D eigenvalue weighted by Crippen LogP contribution is -2.33. The summed E-state index contributed by atoms with van der Waals surface area (Å²) in [5.74, 6) is 1.84. The maximum atomic E-state index is 5.50. The first-order valence-electron chi connectivity index (χ1n) is 7.94. The molecule has 23 heavy (non-hydrogen) atoms. The lowest BCUT2D eigenvalue weighted by atomic mass is 10.1. The molecule has 1 saturated carbocycles. The summed E-state index contributed by atoms with van der Waals surface area (Å²) in [5.41, 5.74) is 5.37. The van der Waals surface area contributed by atoms with Crippen molar-refractivity contribution in [3.05, 3.63) is 47.4 Å². The van der Waals surface area contributed by atoms with Gasteiger partial charge in [-0.3, -0.25) is 4.99 Å². The monoisotopic (exact) mass is 307 g/mol. The van der Waals surface area contributed by atoms with Crippen LogP contribution in [-0.4, -0.2) is 29.6 Å². The number of aromatic nitrogens is 2. The summed E-state index contributed by atoms with van der Waals surface area (Å²) in [4.78, 5) is 13.7. The Kier molecular flexibility index (Phi) is 2.48. The number of aliphatic imine (C=N–C) groups is 1. The molecule has 3 aliphatic rings. The molecule has 1 fully saturated rings. The summed E-state index contributed by atoms with van der Waals surface area (Å²) in [6.07, 6.45) is 2.32. The van der Waals surface area contributed by atoms with E-state index in [9.17, 15) is 0 Å². The van der Waals surface area contributed by atoms with Crippen LogP contribution >= 0.6 is 0 Å². The van der Waals surface area contributed by atoms with Crippen LogP contribution in [0.1, 0.15) is 37.4 Å². The van der Waals surface area contributed by atoms with Gasteiger partial charge in [0.2, 0.25) is 0 Å². The van der Waals surface area contributed by atoms with Crippen molar-refractivity contribution in [3.63, 3.8) is 0 Å². The third-order valence-corrected chi connectivity index (χ3v) is 4.83. The standard InChI is InChI=1S/C17H17N5O/c1-10-15-14(17-19-16(20-23-17)11-7-8-11)18-9-22(15)13-6-4-3-5-12(13)21(10)2/h3-6,11H,7-9H2,1-2H3. The van der Waals surface area contributed by atoms with Gasteiger partial charge in [-0.15, -0.1) is 0 Å². The van der Waals surface area contributed by atoms with Crippen LogP contribution in [0.2, 0.25) is 0 Å². The fourth-order valence-electron chi connectivity index (χ4n) is 3.30. The van der Waals surface area contributed by atoms with Gasteiger partial charge in [-0.05, 0) is 31.9 Å². The van der Waals surface area contributed by atoms with E-state index in [-0.39, 0.29) is 0 Å². The summed E-state index contributed by atoms with van der Waals surface area (Å²) in [5, 5.41) is 4.13. The molecule has 5 rings (SSSR count). The third kappa shape index (κ3) is 1.78. The van der Waals surface area contributed by atoms with Crippen molar-refractivity contribution in [3.8, 4) is 0 Å². The van der Waals surface area contributed by atoms with E-state index in [1.165, 1.54) is 5.69 Å². The maximum Gasteiger partial charge on any atom is 0.278 e. The molecular weight excluding hydrogens is 290 g/mol. The molecule has 0 amide bonds. The van der Waals surface area contributed by atoms with E-state index >= 15 is 0 Å². The predicted octanol–water partition coefficient (Wildman–Crippen LogP) is 2.90. The number of allylic oxidation sites excluding steroid dienone is 2. The Morgan fingerprint density at radius 3 is 2.74 bits per heavy atom. The number of benzene rings is 1. The second-order valence-electron chi connectivity index (χ2n) is 6.29. The second kappa shape index (κ2) is 4.44. The highest BCUT2D eigenvalue weighted by Crippen LogP contribution is 2.42. The first-order valence-corrected chi connectivity index (χ1v) is 7.94. The van der Waals surface area contributed by atoms with Gasteiger partial charge in [0.1, 0.15) is 6.67 Å². The van der Waals surface area contributed by atoms with Crippen LogP contribution in [0, 0.1) is 0 Å². The lowest BCUT2D eigenvalue weighted by Gasteiger charge is -2.35. The van der Waals surface area contributed by atoms with Gasteiger partial charge in [-0.25, -0.2) is 0 Å². The normalized spacial score (nSPS) is 19.8. The van der Waals surface area contributed by atoms with Gasteiger partial charge in [0.15, 0.2) is 11.5 Å². The average molecular weight is 307 g/mol. The van der Waals surface area contributed by atoms with Gasteiger partial charge in [0, 0.05) is 18.7 Å². The van der Waals surface area contributed by atoms with Gasteiger partial charge < -0.3 is 14.3 Å². The molecule has 0 radical (unpaired) electrons. The minimum absolute atomic E-state index is 0.482. The number of hydrogen-bond acceptors (Lipinski definition) is 6. The second-order valence-corrected chi connectivity index (χ2v) is 6.29. The van der Waals surface area contributed by atoms with Crippen molar-refractivity contribution in [2.75, 3.05) is 23.5 Å². The van der Waals surface area contributed by atoms with Crippen molar-refractivity contribution in [2.45, 2.75) is 25.7 Å². The van der Waals surface area contributed by atoms with Crippen LogP contribution in [0.3, 0.4) is 0 Å². The topological polar surface area (TPSA) is 57.8 Å². The maximum absolute atomic E-state index is 5.50. The first-order chi connectivity index (χ1) is 11.2. The highest BCUT2D eigenvalue weighted by Gasteiger charge is 2.37. The molecule has 2 aromatic rings. The Morgan fingerprint density at radius 2 is 1.96 bits per heavy atom. The summed E-state index contributed by atoms with van der Waals surface area (Å²) in [7, 11) is 2.08. The van der Waals surface area contributed by atoms with Crippen molar-refractivity contribution in [1.29, 1.82) is 0 Å². The predicted molar refractivity (Wildman–Crippen MR) is 87.7 cm³/mol. The van der Waals surface area contributed by atoms with Crippen molar-refractivity contribution >= 4 is 17.1 Å². The molecule has 116 valence electrons. The number of nitrogens with zero attached hydrogens (tertiary/aromatic N) is 5. The average Bonchev–Trinajstić information content (AvgIpc) is 3.14. The fourth-order valence-corrected chi connectivity index (χ4v) is 3.30. The molecule has 0 N–H and O–H groups in total. The quantitative estimate of drug-likeness (QED) is 0.854. The van der Waals surface area contributed by atoms with E-state index in [0.717, 1.165) is 41.5 Å². The van der Waals surface area contributed by atoms with Crippen LogP contribution in [0.5, 0.6) is 0 Å². The van der Waals surface area contributed by atoms with Gasteiger partial charge in [-0.1, -0.05) is 17.3 Å². The van der Waals surface area contributed by atoms with Crippen LogP contribution in [0.15, 0.2) is 45.2 Å². The SMILES string of the molecule is CC1=C2C(c3nc(C4CC4)no3)=NCN2c2ccccc2N1C. The fraction of sp³-hybridized carbons (Fsp3) is 0.353. The zero-order valence-electron chi connectivity index (χ0n) is 13.2. The number of rotatable bonds is 2. The molecule has 0 saturated heterocycles. The van der Waals surface area contributed by atoms with E-state index in [0.29, 0.717) is 18.5 Å². The molecule has 1 aromatic heterocycles. The minimum Gasteiger partial charge on any atom is -0.345 e. The molecule has 6 nitrogen and oxygen atoms in total. The van der Waals surface area contributed by atoms with Crippen LogP contribution in [-0.2, 0) is 0 Å². The molecule has 0 spiro atoms. The summed E-state index contributed by atoms with van der Waals surface area (Å²) in [6.45, 7) is 2.70. The number of hydrogen-bond donors (Lipinski definition) is 0. The molecular formula is C17H17N5O. The van der Waals surface area contributed by atoms with Crippen LogP contribution < -0.4 is 9.80 Å². The summed E-state index contributed by atoms with van der Waals surface area (Å²) in [6, 6.07) is 8.37. The molecule has 0 atom stereocenters. The van der Waals surface area contributed by atoms with Crippen molar-refractivity contribution < 1.29 is 4.52 Å². The molecule has 3 heterocycles. The third-order valence-electron chi connectivity index (χ3n) is 4.83. The Balaban J connectivity index is 1.60. The summed E-state index contributed by atoms with van der Waals surface area (Å²) >= 11 is 0. The van der Waals surface area contributed by atoms with Gasteiger partial charge in [0.05, 0.1) is 17.1 Å². The number of fused-ring (bicyclic) bond motifs is 3. The van der Waals surface area contributed by atoms with Crippen molar-refractivity contribution in [2.24, 2.45) is 4.99 Å². The Hall–Kier alpha value is -2.63. The zero-order valence-corrected chi connectivity index (χ0v) is 13.2. The molecule has 6 heteroatoms. The minimum atomic E-state index is 0.482. The Bertz CT molecular complexity index is 861. The van der Waals surface area contributed by atoms with Gasteiger partial charge in [-0.2, -0.15) is 4.98 Å². The van der Waals surface area contributed by atoms with E-state index in [1.807, 2.05) is 0 Å². The van der Waals surface area contributed by atoms with Gasteiger partial charge in [0.25, 0.3) is 5.89 Å². The number of anilines is 2. The Morgan fingerprint density at radius 1 is 1.17 bits per heavy atom. The lowest BCUT2D eigenvalue weighted by molar-refractivity contribution is 0.404. The highest BCUT2D eigenvalue weighted by molar-refractivity contribution is 6.15. The number of para-hydroxylation sites is 2. The molecule has 2 aliphatic heterocycles. The van der Waals surface area contributed by atoms with Crippen molar-refractivity contribution in [1.82, 2.24) is 10.1 Å². The summed E-state index contributed by atoms with van der Waals surface area (Å²) < 4.78 is 5.50. The Labute approximate surface area is 134 Å². The largest absolute Gasteiger partial charge is 0.345 e. The van der Waals surface area contributed by atoms with E-state index < -0.39 is 0 Å². The van der Waals surface area contributed by atoms with E-state index in [2.05, 4.69) is 63.2 Å². The van der Waals surface area contributed by atoms with Gasteiger partial charge >= 0.3 is 0 Å². The molecule has 1 aliphatic carbocycles. The van der Waals surface area contributed by atoms with Crippen LogP contribution in [0.25, 0.3) is 0 Å². The van der Waals surface area contributed by atoms with E-state index in [1.54, 1.807) is 0 Å².